The Morgan fingerprint density at radius 3 is 2.38 bits per heavy atom. The minimum atomic E-state index is 0.997. The van der Waals surface area contributed by atoms with Crippen molar-refractivity contribution in [2.45, 2.75) is 33.1 Å². The van der Waals surface area contributed by atoms with Crippen LogP contribution in [0.2, 0.25) is 0 Å². The summed E-state index contributed by atoms with van der Waals surface area (Å²) in [5.74, 6) is 0. The van der Waals surface area contributed by atoms with Crippen molar-refractivity contribution in [2.75, 3.05) is 0 Å². The maximum atomic E-state index is 3.79. The summed E-state index contributed by atoms with van der Waals surface area (Å²) in [4.78, 5) is 0. The molecule has 1 aromatic carbocycles. The number of aryl methyl sites for hydroxylation is 1. The van der Waals surface area contributed by atoms with Gasteiger partial charge in [-0.3, -0.25) is 0 Å². The Labute approximate surface area is 81.3 Å². The second kappa shape index (κ2) is 4.86. The van der Waals surface area contributed by atoms with Crippen molar-refractivity contribution < 1.29 is 0 Å². The molecule has 13 heavy (non-hydrogen) atoms. The second-order valence-electron chi connectivity index (χ2n) is 3.25. The molecule has 0 spiro atoms. The van der Waals surface area contributed by atoms with Gasteiger partial charge in [0.1, 0.15) is 0 Å². The monoisotopic (exact) mass is 174 g/mol. The fourth-order valence-electron chi connectivity index (χ4n) is 1.82. The Kier molecular flexibility index (Phi) is 3.75. The fourth-order valence-corrected chi connectivity index (χ4v) is 1.82. The van der Waals surface area contributed by atoms with Crippen LogP contribution in [0, 0.1) is 0 Å². The first-order valence-electron chi connectivity index (χ1n) is 5.04. The van der Waals surface area contributed by atoms with Crippen LogP contribution in [0.3, 0.4) is 0 Å². The van der Waals surface area contributed by atoms with Crippen LogP contribution in [-0.2, 0) is 19.3 Å². The predicted octanol–water partition coefficient (Wildman–Crippen LogP) is 3.54. The van der Waals surface area contributed by atoms with Crippen molar-refractivity contribution in [3.8, 4) is 0 Å². The maximum Gasteiger partial charge on any atom is -0.00973 e. The van der Waals surface area contributed by atoms with E-state index in [0.29, 0.717) is 0 Å². The van der Waals surface area contributed by atoms with E-state index in [4.69, 9.17) is 0 Å². The number of benzene rings is 1. The van der Waals surface area contributed by atoms with Crippen molar-refractivity contribution in [3.63, 3.8) is 0 Å². The molecule has 0 heteroatoms. The summed E-state index contributed by atoms with van der Waals surface area (Å²) in [6, 6.07) is 6.59. The van der Waals surface area contributed by atoms with Crippen molar-refractivity contribution in [1.29, 1.82) is 0 Å². The molecule has 0 heterocycles. The van der Waals surface area contributed by atoms with Crippen molar-refractivity contribution in [2.24, 2.45) is 0 Å². The van der Waals surface area contributed by atoms with Crippen LogP contribution in [0.4, 0.5) is 0 Å². The zero-order valence-corrected chi connectivity index (χ0v) is 8.64. The zero-order valence-electron chi connectivity index (χ0n) is 8.64. The first kappa shape index (κ1) is 10.0. The van der Waals surface area contributed by atoms with Crippen molar-refractivity contribution >= 4 is 0 Å². The molecular formula is C13H18. The van der Waals surface area contributed by atoms with Gasteiger partial charge in [-0.05, 0) is 36.0 Å². The molecule has 0 unspecified atom stereocenters. The molecule has 0 fully saturated rings. The van der Waals surface area contributed by atoms with Crippen LogP contribution in [0.1, 0.15) is 30.5 Å². The lowest BCUT2D eigenvalue weighted by molar-refractivity contribution is 1.00. The average Bonchev–Trinajstić information content (AvgIpc) is 2.18. The van der Waals surface area contributed by atoms with Gasteiger partial charge in [-0.2, -0.15) is 0 Å². The van der Waals surface area contributed by atoms with Crippen LogP contribution in [0.25, 0.3) is 0 Å². The van der Waals surface area contributed by atoms with E-state index in [0.717, 1.165) is 19.3 Å². The van der Waals surface area contributed by atoms with Gasteiger partial charge in [0.2, 0.25) is 0 Å². The molecule has 0 aliphatic carbocycles. The van der Waals surface area contributed by atoms with Gasteiger partial charge in [-0.25, -0.2) is 0 Å². The highest BCUT2D eigenvalue weighted by Crippen LogP contribution is 2.17. The largest absolute Gasteiger partial charge is 0.103 e. The van der Waals surface area contributed by atoms with E-state index in [9.17, 15) is 0 Å². The summed E-state index contributed by atoms with van der Waals surface area (Å²) in [7, 11) is 0. The highest BCUT2D eigenvalue weighted by atomic mass is 14.1. The average molecular weight is 174 g/mol. The van der Waals surface area contributed by atoms with E-state index in [1.54, 1.807) is 0 Å². The molecule has 0 nitrogen and oxygen atoms in total. The third-order valence-electron chi connectivity index (χ3n) is 2.47. The molecule has 70 valence electrons. The minimum Gasteiger partial charge on any atom is -0.103 e. The number of hydrogen-bond acceptors (Lipinski definition) is 0. The van der Waals surface area contributed by atoms with Gasteiger partial charge in [-0.1, -0.05) is 38.1 Å². The lowest BCUT2D eigenvalue weighted by atomic mass is 9.95. The number of allylic oxidation sites excluding steroid dienone is 1. The molecular weight excluding hydrogens is 156 g/mol. The summed E-state index contributed by atoms with van der Waals surface area (Å²) >= 11 is 0. The van der Waals surface area contributed by atoms with E-state index in [1.165, 1.54) is 16.7 Å². The van der Waals surface area contributed by atoms with Crippen LogP contribution in [0.15, 0.2) is 30.9 Å². The highest BCUT2D eigenvalue weighted by Gasteiger charge is 2.02. The van der Waals surface area contributed by atoms with Crippen molar-refractivity contribution in [1.82, 2.24) is 0 Å². The molecule has 1 aromatic rings. The lowest BCUT2D eigenvalue weighted by Crippen LogP contribution is -1.96. The first-order chi connectivity index (χ1) is 6.33. The van der Waals surface area contributed by atoms with Gasteiger partial charge >= 0.3 is 0 Å². The molecule has 1 rings (SSSR count). The molecule has 0 aliphatic heterocycles. The van der Waals surface area contributed by atoms with E-state index >= 15 is 0 Å². The Hall–Kier alpha value is -1.04. The molecule has 0 amide bonds. The first-order valence-corrected chi connectivity index (χ1v) is 5.04. The topological polar surface area (TPSA) is 0 Å². The highest BCUT2D eigenvalue weighted by molar-refractivity contribution is 5.36. The smallest absolute Gasteiger partial charge is 0.00973 e. The lowest BCUT2D eigenvalue weighted by Gasteiger charge is -2.10. The third-order valence-corrected chi connectivity index (χ3v) is 2.47. The standard InChI is InChI=1S/C13H18/c1-4-8-12-10-7-9-11(5-2)13(12)6-3/h4,7,9-10H,1,5-6,8H2,2-3H3. The van der Waals surface area contributed by atoms with Crippen LogP contribution in [-0.4, -0.2) is 0 Å². The summed E-state index contributed by atoms with van der Waals surface area (Å²) in [5.41, 5.74) is 4.45. The molecule has 0 saturated heterocycles. The second-order valence-corrected chi connectivity index (χ2v) is 3.25. The Balaban J connectivity index is 3.10. The zero-order chi connectivity index (χ0) is 9.68. The Bertz CT molecular complexity index is 284. The molecule has 0 radical (unpaired) electrons. The van der Waals surface area contributed by atoms with Gasteiger partial charge in [0.05, 0.1) is 0 Å². The molecule has 0 atom stereocenters. The van der Waals surface area contributed by atoms with E-state index in [1.807, 2.05) is 6.08 Å². The Morgan fingerprint density at radius 1 is 1.15 bits per heavy atom. The van der Waals surface area contributed by atoms with E-state index in [2.05, 4.69) is 38.6 Å². The van der Waals surface area contributed by atoms with E-state index < -0.39 is 0 Å². The van der Waals surface area contributed by atoms with Gasteiger partial charge in [0, 0.05) is 0 Å². The SMILES string of the molecule is C=CCc1cccc(CC)c1CC. The number of hydrogen-bond donors (Lipinski definition) is 0. The van der Waals surface area contributed by atoms with Crippen molar-refractivity contribution in [3.05, 3.63) is 47.5 Å². The third kappa shape index (κ3) is 2.21. The fraction of sp³-hybridized carbons (Fsp3) is 0.385. The predicted molar refractivity (Wildman–Crippen MR) is 59.1 cm³/mol. The summed E-state index contributed by atoms with van der Waals surface area (Å²) in [6.07, 6.45) is 5.24. The molecule has 0 aromatic heterocycles. The van der Waals surface area contributed by atoms with Crippen LogP contribution < -0.4 is 0 Å². The van der Waals surface area contributed by atoms with Gasteiger partial charge in [-0.15, -0.1) is 6.58 Å². The maximum absolute atomic E-state index is 3.79. The minimum absolute atomic E-state index is 0.997. The molecule has 0 saturated carbocycles. The quantitative estimate of drug-likeness (QED) is 0.612. The van der Waals surface area contributed by atoms with Crippen LogP contribution >= 0.6 is 0 Å². The summed E-state index contributed by atoms with van der Waals surface area (Å²) in [5, 5.41) is 0. The van der Waals surface area contributed by atoms with Gasteiger partial charge in [0.15, 0.2) is 0 Å². The normalized spacial score (nSPS) is 10.0. The summed E-state index contributed by atoms with van der Waals surface area (Å²) < 4.78 is 0. The van der Waals surface area contributed by atoms with Gasteiger partial charge in [0.25, 0.3) is 0 Å². The molecule has 0 bridgehead atoms. The Morgan fingerprint density at radius 2 is 1.85 bits per heavy atom. The number of rotatable bonds is 4. The summed E-state index contributed by atoms with van der Waals surface area (Å²) in [6.45, 7) is 8.22. The van der Waals surface area contributed by atoms with Gasteiger partial charge < -0.3 is 0 Å². The molecule has 0 N–H and O–H groups in total. The molecule has 0 aliphatic rings. The van der Waals surface area contributed by atoms with E-state index in [-0.39, 0.29) is 0 Å². The van der Waals surface area contributed by atoms with Crippen LogP contribution in [0.5, 0.6) is 0 Å².